The maximum Gasteiger partial charge on any atom is 0.372 e. The number of rotatable bonds is 3. The molecule has 64 valence electrons. The van der Waals surface area contributed by atoms with E-state index in [1.165, 1.54) is 19.0 Å². The standard InChI is InChI=1S/C8H10N2O2/c11-8(12)7-9-3-4-10(7)5-6-1-2-6/h3-4,6H,1-2,5H2,(H,11,12). The molecule has 1 aromatic rings. The molecular weight excluding hydrogens is 156 g/mol. The SMILES string of the molecule is O=C(O)c1nccn1CC1CC1. The highest BCUT2D eigenvalue weighted by Crippen LogP contribution is 2.30. The lowest BCUT2D eigenvalue weighted by molar-refractivity contribution is 0.0677. The minimum absolute atomic E-state index is 0.155. The van der Waals surface area contributed by atoms with Gasteiger partial charge in [-0.3, -0.25) is 0 Å². The molecule has 0 aromatic carbocycles. The van der Waals surface area contributed by atoms with Crippen molar-refractivity contribution in [3.8, 4) is 0 Å². The van der Waals surface area contributed by atoms with Crippen LogP contribution in [0.4, 0.5) is 0 Å². The van der Waals surface area contributed by atoms with Crippen molar-refractivity contribution in [1.82, 2.24) is 9.55 Å². The van der Waals surface area contributed by atoms with Crippen LogP contribution >= 0.6 is 0 Å². The minimum Gasteiger partial charge on any atom is -0.475 e. The molecule has 1 aromatic heterocycles. The Morgan fingerprint density at radius 1 is 1.75 bits per heavy atom. The van der Waals surface area contributed by atoms with Gasteiger partial charge < -0.3 is 9.67 Å². The zero-order valence-electron chi connectivity index (χ0n) is 6.60. The fourth-order valence-corrected chi connectivity index (χ4v) is 1.23. The number of imidazole rings is 1. The molecule has 1 fully saturated rings. The van der Waals surface area contributed by atoms with Crippen LogP contribution in [0.3, 0.4) is 0 Å². The van der Waals surface area contributed by atoms with Crippen LogP contribution in [0.2, 0.25) is 0 Å². The van der Waals surface area contributed by atoms with Crippen molar-refractivity contribution in [3.63, 3.8) is 0 Å². The molecule has 1 N–H and O–H groups in total. The van der Waals surface area contributed by atoms with Gasteiger partial charge in [-0.2, -0.15) is 0 Å². The van der Waals surface area contributed by atoms with E-state index in [0.717, 1.165) is 6.54 Å². The molecule has 2 rings (SSSR count). The Morgan fingerprint density at radius 2 is 2.50 bits per heavy atom. The first-order chi connectivity index (χ1) is 5.77. The summed E-state index contributed by atoms with van der Waals surface area (Å²) in [5, 5.41) is 8.70. The van der Waals surface area contributed by atoms with Gasteiger partial charge in [0.15, 0.2) is 0 Å². The van der Waals surface area contributed by atoms with Crippen molar-refractivity contribution in [2.75, 3.05) is 0 Å². The van der Waals surface area contributed by atoms with Crippen LogP contribution in [0.5, 0.6) is 0 Å². The fraction of sp³-hybridized carbons (Fsp3) is 0.500. The normalized spacial score (nSPS) is 16.3. The second kappa shape index (κ2) is 2.62. The van der Waals surface area contributed by atoms with E-state index in [1.54, 1.807) is 10.8 Å². The molecule has 4 nitrogen and oxygen atoms in total. The van der Waals surface area contributed by atoms with Gasteiger partial charge in [0.25, 0.3) is 0 Å². The van der Waals surface area contributed by atoms with Gasteiger partial charge >= 0.3 is 5.97 Å². The summed E-state index contributed by atoms with van der Waals surface area (Å²) < 4.78 is 1.71. The van der Waals surface area contributed by atoms with Gasteiger partial charge in [-0.1, -0.05) is 0 Å². The van der Waals surface area contributed by atoms with Crippen LogP contribution in [0, 0.1) is 5.92 Å². The Balaban J connectivity index is 2.17. The molecule has 0 atom stereocenters. The maximum atomic E-state index is 10.6. The van der Waals surface area contributed by atoms with E-state index < -0.39 is 5.97 Å². The molecule has 0 saturated heterocycles. The second-order valence-corrected chi connectivity index (χ2v) is 3.15. The highest BCUT2D eigenvalue weighted by molar-refractivity contribution is 5.83. The van der Waals surface area contributed by atoms with Gasteiger partial charge in [0.2, 0.25) is 5.82 Å². The number of carboxylic acids is 1. The smallest absolute Gasteiger partial charge is 0.372 e. The first-order valence-electron chi connectivity index (χ1n) is 4.02. The molecule has 0 aliphatic heterocycles. The number of aromatic nitrogens is 2. The Labute approximate surface area is 69.8 Å². The first kappa shape index (κ1) is 7.34. The average Bonchev–Trinajstić information content (AvgIpc) is 2.66. The number of carboxylic acid groups (broad SMARTS) is 1. The number of nitrogens with zero attached hydrogens (tertiary/aromatic N) is 2. The molecule has 1 saturated carbocycles. The molecule has 4 heteroatoms. The Bertz CT molecular complexity index is 302. The number of carbonyl (C=O) groups is 1. The lowest BCUT2D eigenvalue weighted by Gasteiger charge is -2.01. The van der Waals surface area contributed by atoms with Crippen LogP contribution in [0.15, 0.2) is 12.4 Å². The predicted octanol–water partition coefficient (Wildman–Crippen LogP) is 0.991. The van der Waals surface area contributed by atoms with E-state index in [9.17, 15) is 4.79 Å². The van der Waals surface area contributed by atoms with Gasteiger partial charge in [-0.05, 0) is 18.8 Å². The van der Waals surface area contributed by atoms with E-state index in [2.05, 4.69) is 4.98 Å². The zero-order valence-corrected chi connectivity index (χ0v) is 6.60. The average molecular weight is 166 g/mol. The number of hydrogen-bond donors (Lipinski definition) is 1. The van der Waals surface area contributed by atoms with Crippen molar-refractivity contribution in [2.45, 2.75) is 19.4 Å². The summed E-state index contributed by atoms with van der Waals surface area (Å²) in [4.78, 5) is 14.4. The van der Waals surface area contributed by atoms with Crippen molar-refractivity contribution >= 4 is 5.97 Å². The van der Waals surface area contributed by atoms with Crippen LogP contribution in [-0.2, 0) is 6.54 Å². The molecule has 0 amide bonds. The maximum absolute atomic E-state index is 10.6. The van der Waals surface area contributed by atoms with E-state index in [-0.39, 0.29) is 5.82 Å². The molecule has 0 unspecified atom stereocenters. The van der Waals surface area contributed by atoms with Gasteiger partial charge in [-0.15, -0.1) is 0 Å². The second-order valence-electron chi connectivity index (χ2n) is 3.15. The van der Waals surface area contributed by atoms with Crippen LogP contribution in [0.25, 0.3) is 0 Å². The van der Waals surface area contributed by atoms with Gasteiger partial charge in [-0.25, -0.2) is 9.78 Å². The quantitative estimate of drug-likeness (QED) is 0.728. The summed E-state index contributed by atoms with van der Waals surface area (Å²) in [6.45, 7) is 0.807. The molecular formula is C8H10N2O2. The summed E-state index contributed by atoms with van der Waals surface area (Å²) in [7, 11) is 0. The van der Waals surface area contributed by atoms with Crippen molar-refractivity contribution in [2.24, 2.45) is 5.92 Å². The van der Waals surface area contributed by atoms with Crippen molar-refractivity contribution in [1.29, 1.82) is 0 Å². The molecule has 0 bridgehead atoms. The van der Waals surface area contributed by atoms with E-state index in [4.69, 9.17) is 5.11 Å². The Hall–Kier alpha value is -1.32. The first-order valence-corrected chi connectivity index (χ1v) is 4.02. The van der Waals surface area contributed by atoms with E-state index in [0.29, 0.717) is 5.92 Å². The predicted molar refractivity (Wildman–Crippen MR) is 41.9 cm³/mol. The largest absolute Gasteiger partial charge is 0.475 e. The molecule has 0 spiro atoms. The molecule has 1 heterocycles. The summed E-state index contributed by atoms with van der Waals surface area (Å²) in [5.74, 6) is -0.111. The molecule has 1 aliphatic carbocycles. The third kappa shape index (κ3) is 1.32. The number of aromatic carboxylic acids is 1. The van der Waals surface area contributed by atoms with Crippen LogP contribution in [-0.4, -0.2) is 20.6 Å². The van der Waals surface area contributed by atoms with E-state index >= 15 is 0 Å². The third-order valence-electron chi connectivity index (χ3n) is 2.06. The zero-order chi connectivity index (χ0) is 8.55. The van der Waals surface area contributed by atoms with Gasteiger partial charge in [0.1, 0.15) is 0 Å². The highest BCUT2D eigenvalue weighted by Gasteiger charge is 2.23. The topological polar surface area (TPSA) is 55.1 Å². The van der Waals surface area contributed by atoms with E-state index in [1.807, 2.05) is 0 Å². The molecule has 1 aliphatic rings. The Morgan fingerprint density at radius 3 is 3.08 bits per heavy atom. The molecule has 0 radical (unpaired) electrons. The molecule has 12 heavy (non-hydrogen) atoms. The lowest BCUT2D eigenvalue weighted by Crippen LogP contribution is -2.10. The summed E-state index contributed by atoms with van der Waals surface area (Å²) >= 11 is 0. The summed E-state index contributed by atoms with van der Waals surface area (Å²) in [6.07, 6.45) is 5.70. The van der Waals surface area contributed by atoms with Crippen molar-refractivity contribution in [3.05, 3.63) is 18.2 Å². The highest BCUT2D eigenvalue weighted by atomic mass is 16.4. The Kier molecular flexibility index (Phi) is 1.60. The van der Waals surface area contributed by atoms with Gasteiger partial charge in [0, 0.05) is 18.9 Å². The third-order valence-corrected chi connectivity index (χ3v) is 2.06. The van der Waals surface area contributed by atoms with Crippen LogP contribution < -0.4 is 0 Å². The van der Waals surface area contributed by atoms with Crippen molar-refractivity contribution < 1.29 is 9.90 Å². The lowest BCUT2D eigenvalue weighted by atomic mass is 10.4. The summed E-state index contributed by atoms with van der Waals surface area (Å²) in [5.41, 5.74) is 0. The summed E-state index contributed by atoms with van der Waals surface area (Å²) in [6, 6.07) is 0. The van der Waals surface area contributed by atoms with Crippen LogP contribution in [0.1, 0.15) is 23.5 Å². The number of hydrogen-bond acceptors (Lipinski definition) is 2. The monoisotopic (exact) mass is 166 g/mol. The van der Waals surface area contributed by atoms with Gasteiger partial charge in [0.05, 0.1) is 0 Å². The minimum atomic E-state index is -0.944. The fourth-order valence-electron chi connectivity index (χ4n) is 1.23.